The lowest BCUT2D eigenvalue weighted by atomic mass is 10.1. The molecule has 0 saturated carbocycles. The van der Waals surface area contributed by atoms with Gasteiger partial charge in [0.05, 0.1) is 7.11 Å². The van der Waals surface area contributed by atoms with Gasteiger partial charge in [0, 0.05) is 36.1 Å². The molecule has 1 aromatic carbocycles. The van der Waals surface area contributed by atoms with Gasteiger partial charge in [-0.3, -0.25) is 4.79 Å². The van der Waals surface area contributed by atoms with E-state index in [9.17, 15) is 4.79 Å². The number of carbonyl (C=O) groups is 1. The van der Waals surface area contributed by atoms with E-state index >= 15 is 0 Å². The van der Waals surface area contributed by atoms with Gasteiger partial charge in [-0.2, -0.15) is 0 Å². The summed E-state index contributed by atoms with van der Waals surface area (Å²) in [5.74, 6) is 0.924. The van der Waals surface area contributed by atoms with Crippen molar-refractivity contribution in [1.29, 1.82) is 0 Å². The molecule has 1 amide bonds. The number of carbonyl (C=O) groups excluding carboxylic acids is 1. The van der Waals surface area contributed by atoms with Crippen molar-refractivity contribution in [2.45, 2.75) is 32.9 Å². The molecule has 1 unspecified atom stereocenters. The number of ether oxygens (including phenoxy) is 1. The van der Waals surface area contributed by atoms with Crippen molar-refractivity contribution >= 4 is 21.8 Å². The first kappa shape index (κ1) is 17.0. The molecule has 1 atom stereocenters. The van der Waals surface area contributed by atoms with Crippen LogP contribution >= 0.6 is 15.9 Å². The predicted molar refractivity (Wildman–Crippen MR) is 84.9 cm³/mol. The van der Waals surface area contributed by atoms with Crippen molar-refractivity contribution in [1.82, 2.24) is 10.2 Å². The van der Waals surface area contributed by atoms with Crippen molar-refractivity contribution in [3.05, 3.63) is 28.2 Å². The lowest BCUT2D eigenvalue weighted by Gasteiger charge is -2.21. The summed E-state index contributed by atoms with van der Waals surface area (Å²) in [4.78, 5) is 13.9. The van der Waals surface area contributed by atoms with Crippen LogP contribution in [0.2, 0.25) is 0 Å². The number of hydrogen-bond acceptors (Lipinski definition) is 3. The molecule has 0 saturated heterocycles. The van der Waals surface area contributed by atoms with Crippen LogP contribution < -0.4 is 10.1 Å². The van der Waals surface area contributed by atoms with Crippen LogP contribution in [-0.2, 0) is 11.3 Å². The van der Waals surface area contributed by atoms with E-state index in [2.05, 4.69) is 21.2 Å². The Morgan fingerprint density at radius 3 is 2.80 bits per heavy atom. The van der Waals surface area contributed by atoms with Crippen molar-refractivity contribution in [3.63, 3.8) is 0 Å². The monoisotopic (exact) mass is 342 g/mol. The first-order chi connectivity index (χ1) is 9.47. The summed E-state index contributed by atoms with van der Waals surface area (Å²) in [5, 5.41) is 3.25. The highest BCUT2D eigenvalue weighted by Gasteiger charge is 2.15. The Labute approximate surface area is 129 Å². The minimum atomic E-state index is 0.125. The standard InChI is InChI=1S/C15H23BrN2O2/c1-5-17-11(2)8-15(19)18(3)10-12-9-13(16)6-7-14(12)20-4/h6-7,9,11,17H,5,8,10H2,1-4H3. The fourth-order valence-corrected chi connectivity index (χ4v) is 2.46. The van der Waals surface area contributed by atoms with Crippen molar-refractivity contribution in [2.24, 2.45) is 0 Å². The smallest absolute Gasteiger partial charge is 0.224 e. The predicted octanol–water partition coefficient (Wildman–Crippen LogP) is 2.80. The number of nitrogens with zero attached hydrogens (tertiary/aromatic N) is 1. The summed E-state index contributed by atoms with van der Waals surface area (Å²) in [6.07, 6.45) is 0.501. The Bertz CT molecular complexity index is 451. The van der Waals surface area contributed by atoms with Gasteiger partial charge in [0.15, 0.2) is 0 Å². The van der Waals surface area contributed by atoms with Crippen LogP contribution in [0, 0.1) is 0 Å². The fraction of sp³-hybridized carbons (Fsp3) is 0.533. The number of nitrogens with one attached hydrogen (secondary N) is 1. The average molecular weight is 343 g/mol. The third kappa shape index (κ3) is 5.13. The molecule has 0 aromatic heterocycles. The molecule has 0 bridgehead atoms. The molecule has 0 aliphatic rings. The number of amides is 1. The lowest BCUT2D eigenvalue weighted by molar-refractivity contribution is -0.130. The van der Waals surface area contributed by atoms with E-state index in [1.54, 1.807) is 12.0 Å². The maximum atomic E-state index is 12.2. The maximum Gasteiger partial charge on any atom is 0.224 e. The summed E-state index contributed by atoms with van der Waals surface area (Å²) in [5.41, 5.74) is 0.994. The quantitative estimate of drug-likeness (QED) is 0.828. The van der Waals surface area contributed by atoms with Crippen molar-refractivity contribution in [3.8, 4) is 5.75 Å². The molecule has 20 heavy (non-hydrogen) atoms. The molecule has 0 radical (unpaired) electrons. The Hall–Kier alpha value is -1.07. The topological polar surface area (TPSA) is 41.6 Å². The number of benzene rings is 1. The van der Waals surface area contributed by atoms with Crippen molar-refractivity contribution in [2.75, 3.05) is 20.7 Å². The molecular formula is C15H23BrN2O2. The highest BCUT2D eigenvalue weighted by molar-refractivity contribution is 9.10. The zero-order valence-electron chi connectivity index (χ0n) is 12.6. The van der Waals surface area contributed by atoms with Crippen LogP contribution in [0.4, 0.5) is 0 Å². The van der Waals surface area contributed by atoms with E-state index in [-0.39, 0.29) is 11.9 Å². The van der Waals surface area contributed by atoms with Crippen LogP contribution in [0.5, 0.6) is 5.75 Å². The van der Waals surface area contributed by atoms with Gasteiger partial charge in [-0.25, -0.2) is 0 Å². The molecular weight excluding hydrogens is 320 g/mol. The first-order valence-corrected chi connectivity index (χ1v) is 7.57. The molecule has 1 aromatic rings. The van der Waals surface area contributed by atoms with E-state index in [4.69, 9.17) is 4.74 Å². The van der Waals surface area contributed by atoms with E-state index in [0.29, 0.717) is 13.0 Å². The van der Waals surface area contributed by atoms with Crippen LogP contribution in [-0.4, -0.2) is 37.6 Å². The van der Waals surface area contributed by atoms with Crippen LogP contribution in [0.3, 0.4) is 0 Å². The molecule has 1 N–H and O–H groups in total. The summed E-state index contributed by atoms with van der Waals surface area (Å²) in [7, 11) is 3.46. The zero-order chi connectivity index (χ0) is 15.1. The Morgan fingerprint density at radius 2 is 2.20 bits per heavy atom. The maximum absolute atomic E-state index is 12.2. The summed E-state index contributed by atoms with van der Waals surface area (Å²) >= 11 is 3.44. The highest BCUT2D eigenvalue weighted by Crippen LogP contribution is 2.24. The third-order valence-corrected chi connectivity index (χ3v) is 3.60. The van der Waals surface area contributed by atoms with Gasteiger partial charge in [-0.05, 0) is 31.7 Å². The Balaban J connectivity index is 2.67. The summed E-state index contributed by atoms with van der Waals surface area (Å²) < 4.78 is 6.31. The number of rotatable bonds is 7. The number of hydrogen-bond donors (Lipinski definition) is 1. The van der Waals surface area contributed by atoms with Crippen LogP contribution in [0.15, 0.2) is 22.7 Å². The number of halogens is 1. The van der Waals surface area contributed by atoms with E-state index < -0.39 is 0 Å². The molecule has 5 heteroatoms. The summed E-state index contributed by atoms with van der Waals surface area (Å²) in [6, 6.07) is 6.01. The second-order valence-corrected chi connectivity index (χ2v) is 5.78. The van der Waals surface area contributed by atoms with Crippen molar-refractivity contribution < 1.29 is 9.53 Å². The molecule has 0 aliphatic carbocycles. The van der Waals surface area contributed by atoms with Gasteiger partial charge in [-0.1, -0.05) is 22.9 Å². The summed E-state index contributed by atoms with van der Waals surface area (Å²) in [6.45, 7) is 5.48. The van der Waals surface area contributed by atoms with Gasteiger partial charge >= 0.3 is 0 Å². The molecule has 0 fully saturated rings. The highest BCUT2D eigenvalue weighted by atomic mass is 79.9. The van der Waals surface area contributed by atoms with Crippen LogP contribution in [0.25, 0.3) is 0 Å². The fourth-order valence-electron chi connectivity index (χ4n) is 2.05. The normalized spacial score (nSPS) is 12.1. The average Bonchev–Trinajstić information content (AvgIpc) is 2.39. The van der Waals surface area contributed by atoms with E-state index in [1.165, 1.54) is 0 Å². The number of methoxy groups -OCH3 is 1. The molecule has 1 rings (SSSR count). The molecule has 0 heterocycles. The minimum absolute atomic E-state index is 0.125. The first-order valence-electron chi connectivity index (χ1n) is 6.77. The van der Waals surface area contributed by atoms with Crippen LogP contribution in [0.1, 0.15) is 25.8 Å². The SMILES string of the molecule is CCNC(C)CC(=O)N(C)Cc1cc(Br)ccc1OC. The van der Waals surface area contributed by atoms with Gasteiger partial charge in [0.1, 0.15) is 5.75 Å². The molecule has 0 spiro atoms. The van der Waals surface area contributed by atoms with Gasteiger partial charge in [0.2, 0.25) is 5.91 Å². The minimum Gasteiger partial charge on any atom is -0.496 e. The molecule has 4 nitrogen and oxygen atoms in total. The van der Waals surface area contributed by atoms with E-state index in [0.717, 1.165) is 22.3 Å². The largest absolute Gasteiger partial charge is 0.496 e. The Kier molecular flexibility index (Phi) is 7.02. The Morgan fingerprint density at radius 1 is 1.50 bits per heavy atom. The zero-order valence-corrected chi connectivity index (χ0v) is 14.2. The van der Waals surface area contributed by atoms with Gasteiger partial charge in [0.25, 0.3) is 0 Å². The lowest BCUT2D eigenvalue weighted by Crippen LogP contribution is -2.34. The van der Waals surface area contributed by atoms with Gasteiger partial charge < -0.3 is 15.0 Å². The van der Waals surface area contributed by atoms with Gasteiger partial charge in [-0.15, -0.1) is 0 Å². The third-order valence-electron chi connectivity index (χ3n) is 3.11. The second-order valence-electron chi connectivity index (χ2n) is 4.87. The molecule has 112 valence electrons. The molecule has 0 aliphatic heterocycles. The van der Waals surface area contributed by atoms with E-state index in [1.807, 2.05) is 39.1 Å². The second kappa shape index (κ2) is 8.27.